The molecule has 0 heteroatoms. The van der Waals surface area contributed by atoms with Crippen LogP contribution in [0.15, 0.2) is 22.8 Å². The molecule has 0 heterocycles. The molecule has 0 aromatic carbocycles. The summed E-state index contributed by atoms with van der Waals surface area (Å²) in [6, 6.07) is 0. The molecule has 0 aromatic rings. The number of hydrogen-bond acceptors (Lipinski definition) is 0. The standard InChI is InChI=1S/C16H26/c1-14-12-15-10-8-6-4-2-3-5-7-9-11-16(15)13-14/h12H,2-11,13H2,1H3. The first-order valence-electron chi connectivity index (χ1n) is 7.24. The van der Waals surface area contributed by atoms with Crippen molar-refractivity contribution in [2.75, 3.05) is 0 Å². The zero-order valence-corrected chi connectivity index (χ0v) is 10.9. The Labute approximate surface area is 101 Å². The van der Waals surface area contributed by atoms with Crippen LogP contribution in [0.2, 0.25) is 0 Å². The van der Waals surface area contributed by atoms with Crippen LogP contribution in [0.25, 0.3) is 0 Å². The first kappa shape index (κ1) is 12.0. The van der Waals surface area contributed by atoms with Crippen LogP contribution in [0, 0.1) is 0 Å². The molecule has 0 nitrogen and oxygen atoms in total. The van der Waals surface area contributed by atoms with E-state index in [1.54, 1.807) is 16.7 Å². The molecular formula is C16H26. The molecule has 16 heavy (non-hydrogen) atoms. The first-order chi connectivity index (χ1) is 7.86. The molecule has 0 unspecified atom stereocenters. The monoisotopic (exact) mass is 218 g/mol. The van der Waals surface area contributed by atoms with Gasteiger partial charge in [0.05, 0.1) is 0 Å². The van der Waals surface area contributed by atoms with E-state index < -0.39 is 0 Å². The van der Waals surface area contributed by atoms with E-state index in [4.69, 9.17) is 0 Å². The maximum Gasteiger partial charge on any atom is -0.0102 e. The molecule has 0 bridgehead atoms. The Morgan fingerprint density at radius 3 is 2.00 bits per heavy atom. The molecule has 0 saturated carbocycles. The van der Waals surface area contributed by atoms with Crippen LogP contribution in [-0.2, 0) is 0 Å². The van der Waals surface area contributed by atoms with E-state index in [2.05, 4.69) is 13.0 Å². The summed E-state index contributed by atoms with van der Waals surface area (Å²) in [7, 11) is 0. The average Bonchev–Trinajstić information content (AvgIpc) is 2.59. The van der Waals surface area contributed by atoms with Gasteiger partial charge in [-0.15, -0.1) is 0 Å². The third-order valence-electron chi connectivity index (χ3n) is 4.04. The molecule has 0 saturated heterocycles. The largest absolute Gasteiger partial charge is 0.0690 e. The van der Waals surface area contributed by atoms with Crippen LogP contribution in [0.3, 0.4) is 0 Å². The highest BCUT2D eigenvalue weighted by Gasteiger charge is 2.12. The molecule has 0 atom stereocenters. The Hall–Kier alpha value is -0.520. The van der Waals surface area contributed by atoms with Gasteiger partial charge in [-0.25, -0.2) is 0 Å². The number of hydrogen-bond donors (Lipinski definition) is 0. The molecule has 0 spiro atoms. The molecule has 0 aliphatic heterocycles. The van der Waals surface area contributed by atoms with Crippen LogP contribution in [0.4, 0.5) is 0 Å². The highest BCUT2D eigenvalue weighted by Crippen LogP contribution is 2.32. The van der Waals surface area contributed by atoms with E-state index in [1.807, 2.05) is 0 Å². The number of allylic oxidation sites excluding steroid dienone is 4. The van der Waals surface area contributed by atoms with E-state index in [1.165, 1.54) is 70.6 Å². The third-order valence-corrected chi connectivity index (χ3v) is 4.04. The quantitative estimate of drug-likeness (QED) is 0.500. The van der Waals surface area contributed by atoms with Gasteiger partial charge in [0.2, 0.25) is 0 Å². The van der Waals surface area contributed by atoms with E-state index in [9.17, 15) is 0 Å². The lowest BCUT2D eigenvalue weighted by atomic mass is 9.96. The van der Waals surface area contributed by atoms with Gasteiger partial charge in [0.15, 0.2) is 0 Å². The Kier molecular flexibility index (Phi) is 4.69. The summed E-state index contributed by atoms with van der Waals surface area (Å²) in [6.45, 7) is 2.30. The smallest absolute Gasteiger partial charge is 0.0102 e. The molecule has 0 radical (unpaired) electrons. The molecular weight excluding hydrogens is 192 g/mol. The van der Waals surface area contributed by atoms with Crippen LogP contribution < -0.4 is 0 Å². The van der Waals surface area contributed by atoms with Crippen molar-refractivity contribution in [3.63, 3.8) is 0 Å². The van der Waals surface area contributed by atoms with Crippen molar-refractivity contribution in [3.05, 3.63) is 22.8 Å². The maximum absolute atomic E-state index is 2.47. The Morgan fingerprint density at radius 2 is 1.31 bits per heavy atom. The minimum atomic E-state index is 1.29. The second-order valence-electron chi connectivity index (χ2n) is 5.62. The summed E-state index contributed by atoms with van der Waals surface area (Å²) in [5.41, 5.74) is 5.08. The lowest BCUT2D eigenvalue weighted by Crippen LogP contribution is -1.90. The van der Waals surface area contributed by atoms with Gasteiger partial charge in [-0.2, -0.15) is 0 Å². The Bertz CT molecular complexity index is 280. The Morgan fingerprint density at radius 1 is 0.750 bits per heavy atom. The molecule has 0 aromatic heterocycles. The number of rotatable bonds is 0. The predicted molar refractivity (Wildman–Crippen MR) is 71.6 cm³/mol. The van der Waals surface area contributed by atoms with Crippen molar-refractivity contribution in [1.29, 1.82) is 0 Å². The molecule has 2 aliphatic rings. The summed E-state index contributed by atoms with van der Waals surface area (Å²) in [5.74, 6) is 0. The fourth-order valence-corrected chi connectivity index (χ4v) is 3.11. The van der Waals surface area contributed by atoms with E-state index >= 15 is 0 Å². The van der Waals surface area contributed by atoms with Gasteiger partial charge in [-0.1, -0.05) is 55.7 Å². The fraction of sp³-hybridized carbons (Fsp3) is 0.750. The van der Waals surface area contributed by atoms with Crippen molar-refractivity contribution in [2.24, 2.45) is 0 Å². The lowest BCUT2D eigenvalue weighted by molar-refractivity contribution is 0.559. The predicted octanol–water partition coefficient (Wildman–Crippen LogP) is 5.55. The molecule has 0 amide bonds. The van der Waals surface area contributed by atoms with E-state index in [0.717, 1.165) is 0 Å². The van der Waals surface area contributed by atoms with Gasteiger partial charge in [0, 0.05) is 0 Å². The molecule has 90 valence electrons. The zero-order chi connectivity index (χ0) is 11.2. The second kappa shape index (κ2) is 6.27. The van der Waals surface area contributed by atoms with Crippen molar-refractivity contribution in [2.45, 2.75) is 77.6 Å². The molecule has 0 N–H and O–H groups in total. The molecule has 2 rings (SSSR count). The summed E-state index contributed by atoms with van der Waals surface area (Å²) < 4.78 is 0. The summed E-state index contributed by atoms with van der Waals surface area (Å²) in [5, 5.41) is 0. The van der Waals surface area contributed by atoms with Crippen LogP contribution in [-0.4, -0.2) is 0 Å². The molecule has 0 fully saturated rings. The fourth-order valence-electron chi connectivity index (χ4n) is 3.11. The van der Waals surface area contributed by atoms with E-state index in [0.29, 0.717) is 0 Å². The Balaban J connectivity index is 1.93. The normalized spacial score (nSPS) is 24.4. The highest BCUT2D eigenvalue weighted by atomic mass is 14.2. The third kappa shape index (κ3) is 3.50. The van der Waals surface area contributed by atoms with E-state index in [-0.39, 0.29) is 0 Å². The summed E-state index contributed by atoms with van der Waals surface area (Å²) >= 11 is 0. The SMILES string of the molecule is CC1=CC2=C(CCCCCCCCCC2)C1. The second-order valence-corrected chi connectivity index (χ2v) is 5.62. The van der Waals surface area contributed by atoms with Crippen molar-refractivity contribution in [1.82, 2.24) is 0 Å². The van der Waals surface area contributed by atoms with Crippen LogP contribution >= 0.6 is 0 Å². The van der Waals surface area contributed by atoms with Crippen LogP contribution in [0.5, 0.6) is 0 Å². The first-order valence-corrected chi connectivity index (χ1v) is 7.24. The van der Waals surface area contributed by atoms with Gasteiger partial charge in [0.25, 0.3) is 0 Å². The van der Waals surface area contributed by atoms with Gasteiger partial charge >= 0.3 is 0 Å². The van der Waals surface area contributed by atoms with Gasteiger partial charge in [0.1, 0.15) is 0 Å². The van der Waals surface area contributed by atoms with Gasteiger partial charge < -0.3 is 0 Å². The lowest BCUT2D eigenvalue weighted by Gasteiger charge is -2.10. The van der Waals surface area contributed by atoms with Gasteiger partial charge in [-0.3, -0.25) is 0 Å². The topological polar surface area (TPSA) is 0 Å². The van der Waals surface area contributed by atoms with Crippen molar-refractivity contribution < 1.29 is 0 Å². The average molecular weight is 218 g/mol. The van der Waals surface area contributed by atoms with Gasteiger partial charge in [-0.05, 0) is 44.6 Å². The maximum atomic E-state index is 2.47. The van der Waals surface area contributed by atoms with Crippen LogP contribution in [0.1, 0.15) is 77.6 Å². The minimum absolute atomic E-state index is 1.29. The zero-order valence-electron chi connectivity index (χ0n) is 10.9. The molecule has 2 aliphatic carbocycles. The highest BCUT2D eigenvalue weighted by molar-refractivity contribution is 5.38. The van der Waals surface area contributed by atoms with Crippen molar-refractivity contribution in [3.8, 4) is 0 Å². The van der Waals surface area contributed by atoms with Crippen molar-refractivity contribution >= 4 is 0 Å². The summed E-state index contributed by atoms with van der Waals surface area (Å²) in [4.78, 5) is 0. The minimum Gasteiger partial charge on any atom is -0.0690 e. The summed E-state index contributed by atoms with van der Waals surface area (Å²) in [6.07, 6.45) is 18.1.